The fourth-order valence-corrected chi connectivity index (χ4v) is 10.6. The molecule has 4 aliphatic rings. The number of amides is 1. The Bertz CT molecular complexity index is 1900. The monoisotopic (exact) mass is 915 g/mol. The fraction of sp³-hybridized carbons (Fsp3) is 0.660. The van der Waals surface area contributed by atoms with E-state index in [0.29, 0.717) is 44.6 Å². The van der Waals surface area contributed by atoms with E-state index in [1.165, 1.54) is 50.7 Å². The number of benzene rings is 2. The van der Waals surface area contributed by atoms with Gasteiger partial charge in [-0.05, 0) is 91.8 Å². The molecule has 2 aromatic rings. The molecule has 6 unspecified atom stereocenters. The quantitative estimate of drug-likeness (QED) is 0.0238. The Morgan fingerprint density at radius 3 is 2.33 bits per heavy atom. The van der Waals surface area contributed by atoms with Gasteiger partial charge in [0.05, 0.1) is 23.2 Å². The van der Waals surface area contributed by atoms with E-state index in [0.717, 1.165) is 99.2 Å². The number of nitro benzene ring substituents is 1. The fourth-order valence-electron chi connectivity index (χ4n) is 10.6. The topological polar surface area (TPSA) is 156 Å². The summed E-state index contributed by atoms with van der Waals surface area (Å²) in [5.74, 6) is -0.116. The molecular formula is C53H78N4O9. The van der Waals surface area contributed by atoms with E-state index in [4.69, 9.17) is 24.2 Å². The number of nitro groups is 1. The number of allylic oxidation sites excluding steroid dienone is 1. The zero-order chi connectivity index (χ0) is 46.7. The number of carbonyl (C=O) groups excluding carboxylic acids is 1. The van der Waals surface area contributed by atoms with Crippen LogP contribution in [0.5, 0.6) is 11.5 Å². The first kappa shape index (κ1) is 51.1. The van der Waals surface area contributed by atoms with E-state index in [9.17, 15) is 25.1 Å². The largest absolute Gasteiger partial charge is 0.492 e. The van der Waals surface area contributed by atoms with Gasteiger partial charge in [0.2, 0.25) is 11.7 Å². The zero-order valence-corrected chi connectivity index (χ0v) is 39.9. The summed E-state index contributed by atoms with van der Waals surface area (Å²) in [5, 5.41) is 36.3. The standard InChI is InChI=1S/C53H78N4O9/c1-4-7-8-9-10-11-12-13-14-21-50(60)56(28-5-2)49-38-47(54-65-39-40-22-24-42(25-23-40)57(61)62)45-36-41(19-15-17-32-58)44(20-16-18-33-59)51-46-37-43(63-35-31-55-29-30-55)26-27-48(46)66-53(49,52(45)51)64-34-6-3/h6,22-27,36-37,41,44,49,51-52,58-59H,3-5,7-21,28-35,38-39H2,1-2H3. The van der Waals surface area contributed by atoms with Gasteiger partial charge >= 0.3 is 0 Å². The molecule has 2 N–H and O–H groups in total. The van der Waals surface area contributed by atoms with Crippen LogP contribution in [0.4, 0.5) is 5.69 Å². The number of aliphatic hydroxyl groups is 2. The lowest BCUT2D eigenvalue weighted by Gasteiger charge is -2.60. The van der Waals surface area contributed by atoms with Crippen LogP contribution in [0.2, 0.25) is 0 Å². The number of aliphatic hydroxyl groups excluding tert-OH is 2. The maximum Gasteiger partial charge on any atom is 0.269 e. The van der Waals surface area contributed by atoms with Crippen LogP contribution in [-0.2, 0) is 21.0 Å². The molecule has 0 spiro atoms. The van der Waals surface area contributed by atoms with Gasteiger partial charge in [-0.2, -0.15) is 0 Å². The van der Waals surface area contributed by atoms with Crippen molar-refractivity contribution < 1.29 is 39.0 Å². The molecule has 6 rings (SSSR count). The molecule has 0 radical (unpaired) electrons. The van der Waals surface area contributed by atoms with Gasteiger partial charge in [-0.3, -0.25) is 19.8 Å². The number of hydrogen-bond donors (Lipinski definition) is 2. The van der Waals surface area contributed by atoms with Crippen LogP contribution in [0.15, 0.2) is 71.9 Å². The Morgan fingerprint density at radius 2 is 1.67 bits per heavy atom. The van der Waals surface area contributed by atoms with Crippen LogP contribution in [0.25, 0.3) is 0 Å². The van der Waals surface area contributed by atoms with Crippen molar-refractivity contribution >= 4 is 17.3 Å². The van der Waals surface area contributed by atoms with E-state index < -0.39 is 22.7 Å². The molecule has 1 amide bonds. The Hall–Kier alpha value is -4.30. The molecule has 2 aromatic carbocycles. The van der Waals surface area contributed by atoms with Crippen molar-refractivity contribution in [3.63, 3.8) is 0 Å². The molecule has 0 aromatic heterocycles. The van der Waals surface area contributed by atoms with Gasteiger partial charge in [0.1, 0.15) is 30.8 Å². The van der Waals surface area contributed by atoms with Crippen LogP contribution >= 0.6 is 0 Å². The number of fused-ring (bicyclic) bond motifs is 2. The molecule has 1 saturated heterocycles. The number of nitrogens with zero attached hydrogens (tertiary/aromatic N) is 4. The van der Waals surface area contributed by atoms with Gasteiger partial charge in [-0.25, -0.2) is 0 Å². The third-order valence-corrected chi connectivity index (χ3v) is 14.1. The minimum Gasteiger partial charge on any atom is -0.492 e. The zero-order valence-electron chi connectivity index (χ0n) is 39.9. The smallest absolute Gasteiger partial charge is 0.269 e. The van der Waals surface area contributed by atoms with Crippen molar-refractivity contribution in [3.05, 3.63) is 88.0 Å². The highest BCUT2D eigenvalue weighted by Crippen LogP contribution is 2.62. The number of oxime groups is 1. The predicted octanol–water partition coefficient (Wildman–Crippen LogP) is 10.3. The molecule has 13 heteroatoms. The molecule has 364 valence electrons. The second-order valence-corrected chi connectivity index (χ2v) is 18.8. The summed E-state index contributed by atoms with van der Waals surface area (Å²) in [7, 11) is 0. The number of rotatable bonds is 32. The summed E-state index contributed by atoms with van der Waals surface area (Å²) in [6, 6.07) is 11.9. The van der Waals surface area contributed by atoms with Gasteiger partial charge < -0.3 is 34.2 Å². The Morgan fingerprint density at radius 1 is 0.955 bits per heavy atom. The second kappa shape index (κ2) is 26.3. The van der Waals surface area contributed by atoms with Crippen LogP contribution in [-0.4, -0.2) is 101 Å². The molecule has 2 fully saturated rings. The lowest BCUT2D eigenvalue weighted by atomic mass is 9.55. The number of non-ortho nitro benzene ring substituents is 1. The van der Waals surface area contributed by atoms with Crippen LogP contribution in [0.3, 0.4) is 0 Å². The molecule has 66 heavy (non-hydrogen) atoms. The molecule has 2 heterocycles. The maximum atomic E-state index is 14.8. The van der Waals surface area contributed by atoms with Crippen molar-refractivity contribution in [3.8, 4) is 11.5 Å². The highest BCUT2D eigenvalue weighted by Gasteiger charge is 2.65. The van der Waals surface area contributed by atoms with Gasteiger partial charge in [0.15, 0.2) is 0 Å². The van der Waals surface area contributed by atoms with E-state index in [1.807, 2.05) is 17.0 Å². The van der Waals surface area contributed by atoms with E-state index in [-0.39, 0.29) is 55.8 Å². The van der Waals surface area contributed by atoms with E-state index in [2.05, 4.69) is 37.5 Å². The maximum absolute atomic E-state index is 14.8. The molecule has 1 saturated carbocycles. The number of hydrogen-bond acceptors (Lipinski definition) is 11. The van der Waals surface area contributed by atoms with E-state index in [1.54, 1.807) is 18.2 Å². The SMILES string of the molecule is C=CCOC12Oc3ccc(OCCN4CC4)cc3C3C(CCCCO)C(CCCCO)C=C(C(=NOCc4ccc([N+](=O)[O-])cc4)CC1N(CCC)C(=O)CCCCCCCCCCC)C32. The predicted molar refractivity (Wildman–Crippen MR) is 259 cm³/mol. The molecule has 0 bridgehead atoms. The first-order chi connectivity index (χ1) is 32.3. The average Bonchev–Trinajstić information content (AvgIpc) is 4.16. The van der Waals surface area contributed by atoms with Gasteiger partial charge in [0, 0.05) is 75.8 Å². The first-order valence-electron chi connectivity index (χ1n) is 25.4. The molecule has 2 aliphatic carbocycles. The summed E-state index contributed by atoms with van der Waals surface area (Å²) < 4.78 is 21.0. The van der Waals surface area contributed by atoms with Crippen LogP contribution < -0.4 is 9.47 Å². The highest BCUT2D eigenvalue weighted by molar-refractivity contribution is 6.03. The normalized spacial score (nSPS) is 23.6. The molecular weight excluding hydrogens is 837 g/mol. The Kier molecular flexibility index (Phi) is 20.4. The second-order valence-electron chi connectivity index (χ2n) is 18.8. The Balaban J connectivity index is 1.44. The van der Waals surface area contributed by atoms with Gasteiger partial charge in [-0.15, -0.1) is 6.58 Å². The van der Waals surface area contributed by atoms with Crippen LogP contribution in [0.1, 0.15) is 146 Å². The lowest BCUT2D eigenvalue weighted by molar-refractivity contribution is -0.384. The summed E-state index contributed by atoms with van der Waals surface area (Å²) in [4.78, 5) is 36.4. The van der Waals surface area contributed by atoms with Gasteiger partial charge in [-0.1, -0.05) is 95.4 Å². The van der Waals surface area contributed by atoms with Crippen molar-refractivity contribution in [1.82, 2.24) is 9.80 Å². The summed E-state index contributed by atoms with van der Waals surface area (Å²) >= 11 is 0. The third-order valence-electron chi connectivity index (χ3n) is 14.1. The third kappa shape index (κ3) is 13.4. The molecule has 6 atom stereocenters. The highest BCUT2D eigenvalue weighted by atomic mass is 16.7. The van der Waals surface area contributed by atoms with Crippen LogP contribution in [0, 0.1) is 27.9 Å². The van der Waals surface area contributed by atoms with Crippen molar-refractivity contribution in [2.45, 2.75) is 154 Å². The summed E-state index contributed by atoms with van der Waals surface area (Å²) in [6.45, 7) is 13.1. The summed E-state index contributed by atoms with van der Waals surface area (Å²) in [5.41, 5.74) is 3.48. The van der Waals surface area contributed by atoms with Crippen molar-refractivity contribution in [2.75, 3.05) is 52.6 Å². The first-order valence-corrected chi connectivity index (χ1v) is 25.4. The number of unbranched alkanes of at least 4 members (excludes halogenated alkanes) is 10. The summed E-state index contributed by atoms with van der Waals surface area (Å²) in [6.07, 6.45) is 20.8. The Labute approximate surface area is 393 Å². The minimum absolute atomic E-state index is 0.00477. The minimum atomic E-state index is -1.31. The average molecular weight is 915 g/mol. The molecule has 2 aliphatic heterocycles. The lowest BCUT2D eigenvalue weighted by Crippen LogP contribution is -2.70. The number of ether oxygens (including phenoxy) is 3. The van der Waals surface area contributed by atoms with Gasteiger partial charge in [0.25, 0.3) is 5.69 Å². The van der Waals surface area contributed by atoms with Crippen molar-refractivity contribution in [2.24, 2.45) is 22.9 Å². The van der Waals surface area contributed by atoms with Crippen molar-refractivity contribution in [1.29, 1.82) is 0 Å². The van der Waals surface area contributed by atoms with E-state index >= 15 is 0 Å². The number of carbonyl (C=O) groups is 1. The molecule has 13 nitrogen and oxygen atoms in total.